The van der Waals surface area contributed by atoms with Crippen LogP contribution in [0.2, 0.25) is 0 Å². The van der Waals surface area contributed by atoms with Crippen LogP contribution in [-0.4, -0.2) is 44.2 Å². The second-order valence-electron chi connectivity index (χ2n) is 7.95. The van der Waals surface area contributed by atoms with Crippen molar-refractivity contribution in [1.29, 1.82) is 0 Å². The number of morpholine rings is 1. The number of amides is 2. The second kappa shape index (κ2) is 8.85. The van der Waals surface area contributed by atoms with Crippen LogP contribution in [-0.2, 0) is 14.3 Å². The third kappa shape index (κ3) is 5.08. The van der Waals surface area contributed by atoms with E-state index in [1.807, 2.05) is 25.1 Å². The van der Waals surface area contributed by atoms with Gasteiger partial charge in [0, 0.05) is 31.2 Å². The summed E-state index contributed by atoms with van der Waals surface area (Å²) in [5.41, 5.74) is 2.68. The number of carbonyl (C=O) groups is 2. The highest BCUT2D eigenvalue weighted by atomic mass is 16.5. The van der Waals surface area contributed by atoms with Crippen LogP contribution in [0.1, 0.15) is 43.2 Å². The molecule has 3 rings (SSSR count). The van der Waals surface area contributed by atoms with E-state index in [9.17, 15) is 9.59 Å². The highest BCUT2D eigenvalue weighted by Crippen LogP contribution is 2.38. The van der Waals surface area contributed by atoms with Crippen LogP contribution in [0, 0.1) is 19.3 Å². The van der Waals surface area contributed by atoms with Gasteiger partial charge in [0.05, 0.1) is 18.6 Å². The van der Waals surface area contributed by atoms with E-state index in [1.165, 1.54) is 5.56 Å². The van der Waals surface area contributed by atoms with Crippen molar-refractivity contribution < 1.29 is 14.3 Å². The smallest absolute Gasteiger partial charge is 0.232 e. The van der Waals surface area contributed by atoms with Crippen LogP contribution in [0.15, 0.2) is 18.2 Å². The fourth-order valence-electron chi connectivity index (χ4n) is 3.93. The summed E-state index contributed by atoms with van der Waals surface area (Å²) in [5, 5.41) is 9.37. The predicted molar refractivity (Wildman–Crippen MR) is 106 cm³/mol. The standard InChI is InChI=1S/C21H31N3O3/c1-15-5-6-17(11-16(15)2)24-20(26)21(7-3-4-8-21)14-23-19(25)12-18-13-27-10-9-22-18/h5-6,11,18,22H,3-4,7-10,12-14H2,1-2H3,(H,23,25)(H,24,26). The van der Waals surface area contributed by atoms with E-state index in [4.69, 9.17) is 4.74 Å². The van der Waals surface area contributed by atoms with Gasteiger partial charge < -0.3 is 20.7 Å². The van der Waals surface area contributed by atoms with Crippen molar-refractivity contribution in [2.75, 3.05) is 31.6 Å². The molecule has 0 aromatic heterocycles. The van der Waals surface area contributed by atoms with Crippen molar-refractivity contribution in [3.8, 4) is 0 Å². The van der Waals surface area contributed by atoms with Crippen molar-refractivity contribution in [1.82, 2.24) is 10.6 Å². The summed E-state index contributed by atoms with van der Waals surface area (Å²) in [6, 6.07) is 6.02. The molecule has 1 atom stereocenters. The van der Waals surface area contributed by atoms with E-state index in [-0.39, 0.29) is 17.9 Å². The van der Waals surface area contributed by atoms with Gasteiger partial charge in [0.15, 0.2) is 0 Å². The van der Waals surface area contributed by atoms with E-state index in [0.29, 0.717) is 26.2 Å². The lowest BCUT2D eigenvalue weighted by molar-refractivity contribution is -0.127. The minimum atomic E-state index is -0.509. The van der Waals surface area contributed by atoms with Crippen molar-refractivity contribution in [3.05, 3.63) is 29.3 Å². The summed E-state index contributed by atoms with van der Waals surface area (Å²) in [4.78, 5) is 25.4. The van der Waals surface area contributed by atoms with Gasteiger partial charge in [-0.1, -0.05) is 18.9 Å². The van der Waals surface area contributed by atoms with Crippen molar-refractivity contribution >= 4 is 17.5 Å². The normalized spacial score (nSPS) is 21.6. The quantitative estimate of drug-likeness (QED) is 0.715. The number of nitrogens with one attached hydrogen (secondary N) is 3. The number of benzene rings is 1. The molecule has 1 aromatic rings. The minimum Gasteiger partial charge on any atom is -0.378 e. The average molecular weight is 373 g/mol. The molecule has 6 nitrogen and oxygen atoms in total. The lowest BCUT2D eigenvalue weighted by Gasteiger charge is -2.29. The fourth-order valence-corrected chi connectivity index (χ4v) is 3.93. The first-order valence-electron chi connectivity index (χ1n) is 9.95. The average Bonchev–Trinajstić information content (AvgIpc) is 3.14. The first-order valence-corrected chi connectivity index (χ1v) is 9.95. The lowest BCUT2D eigenvalue weighted by Crippen LogP contribution is -2.47. The highest BCUT2D eigenvalue weighted by molar-refractivity contribution is 5.96. The zero-order valence-corrected chi connectivity index (χ0v) is 16.4. The summed E-state index contributed by atoms with van der Waals surface area (Å²) in [6.45, 7) is 6.53. The van der Waals surface area contributed by atoms with Crippen LogP contribution >= 0.6 is 0 Å². The Kier molecular flexibility index (Phi) is 6.50. The first kappa shape index (κ1) is 19.8. The zero-order chi connectivity index (χ0) is 19.3. The Morgan fingerprint density at radius 1 is 1.22 bits per heavy atom. The molecular formula is C21H31N3O3. The Bertz CT molecular complexity index is 677. The number of ether oxygens (including phenoxy) is 1. The molecule has 1 heterocycles. The Labute approximate surface area is 161 Å². The summed E-state index contributed by atoms with van der Waals surface area (Å²) in [5.74, 6) is -0.00840. The molecule has 1 aliphatic carbocycles. The molecule has 1 aromatic carbocycles. The molecule has 0 radical (unpaired) electrons. The molecule has 0 bridgehead atoms. The molecule has 27 heavy (non-hydrogen) atoms. The molecule has 2 amide bonds. The third-order valence-electron chi connectivity index (χ3n) is 5.86. The first-order chi connectivity index (χ1) is 13.0. The maximum atomic E-state index is 13.0. The molecule has 1 saturated carbocycles. The molecule has 2 fully saturated rings. The number of anilines is 1. The van der Waals surface area contributed by atoms with Crippen LogP contribution in [0.4, 0.5) is 5.69 Å². The molecule has 6 heteroatoms. The van der Waals surface area contributed by atoms with Crippen LogP contribution in [0.5, 0.6) is 0 Å². The molecule has 3 N–H and O–H groups in total. The number of hydrogen-bond donors (Lipinski definition) is 3. The van der Waals surface area contributed by atoms with E-state index >= 15 is 0 Å². The fraction of sp³-hybridized carbons (Fsp3) is 0.619. The van der Waals surface area contributed by atoms with Gasteiger partial charge in [0.2, 0.25) is 11.8 Å². The van der Waals surface area contributed by atoms with Crippen LogP contribution in [0.25, 0.3) is 0 Å². The summed E-state index contributed by atoms with van der Waals surface area (Å²) >= 11 is 0. The van der Waals surface area contributed by atoms with Gasteiger partial charge in [0.25, 0.3) is 0 Å². The molecule has 1 aliphatic heterocycles. The topological polar surface area (TPSA) is 79.5 Å². The maximum absolute atomic E-state index is 13.0. The Hall–Kier alpha value is -1.92. The minimum absolute atomic E-state index is 0.0164. The Balaban J connectivity index is 1.58. The number of aryl methyl sites for hydroxylation is 2. The third-order valence-corrected chi connectivity index (χ3v) is 5.86. The van der Waals surface area contributed by atoms with E-state index in [0.717, 1.165) is 43.5 Å². The van der Waals surface area contributed by atoms with Crippen molar-refractivity contribution in [2.45, 2.75) is 52.0 Å². The Morgan fingerprint density at radius 2 is 2.00 bits per heavy atom. The largest absolute Gasteiger partial charge is 0.378 e. The van der Waals surface area contributed by atoms with Gasteiger partial charge in [-0.2, -0.15) is 0 Å². The van der Waals surface area contributed by atoms with E-state index in [1.54, 1.807) is 0 Å². The van der Waals surface area contributed by atoms with Crippen LogP contribution < -0.4 is 16.0 Å². The van der Waals surface area contributed by atoms with Crippen molar-refractivity contribution in [3.63, 3.8) is 0 Å². The monoisotopic (exact) mass is 373 g/mol. The zero-order valence-electron chi connectivity index (χ0n) is 16.4. The van der Waals surface area contributed by atoms with E-state index in [2.05, 4.69) is 22.9 Å². The van der Waals surface area contributed by atoms with Crippen molar-refractivity contribution in [2.24, 2.45) is 5.41 Å². The summed E-state index contributed by atoms with van der Waals surface area (Å²) in [7, 11) is 0. The molecule has 148 valence electrons. The van der Waals surface area contributed by atoms with Gasteiger partial charge in [-0.25, -0.2) is 0 Å². The number of carbonyl (C=O) groups excluding carboxylic acids is 2. The summed E-state index contributed by atoms with van der Waals surface area (Å²) < 4.78 is 5.40. The molecular weight excluding hydrogens is 342 g/mol. The molecule has 1 saturated heterocycles. The molecule has 1 unspecified atom stereocenters. The lowest BCUT2D eigenvalue weighted by atomic mass is 9.84. The second-order valence-corrected chi connectivity index (χ2v) is 7.95. The predicted octanol–water partition coefficient (Wildman–Crippen LogP) is 2.30. The van der Waals surface area contributed by atoms with Gasteiger partial charge >= 0.3 is 0 Å². The van der Waals surface area contributed by atoms with Gasteiger partial charge in [-0.3, -0.25) is 9.59 Å². The van der Waals surface area contributed by atoms with Crippen LogP contribution in [0.3, 0.4) is 0 Å². The van der Waals surface area contributed by atoms with Gasteiger partial charge in [-0.05, 0) is 49.9 Å². The van der Waals surface area contributed by atoms with Gasteiger partial charge in [0.1, 0.15) is 0 Å². The molecule has 0 spiro atoms. The Morgan fingerprint density at radius 3 is 2.67 bits per heavy atom. The van der Waals surface area contributed by atoms with Gasteiger partial charge in [-0.15, -0.1) is 0 Å². The maximum Gasteiger partial charge on any atom is 0.232 e. The summed E-state index contributed by atoms with van der Waals surface area (Å²) in [6.07, 6.45) is 4.06. The van der Waals surface area contributed by atoms with E-state index < -0.39 is 5.41 Å². The number of rotatable bonds is 6. The molecule has 2 aliphatic rings. The SMILES string of the molecule is Cc1ccc(NC(=O)C2(CNC(=O)CC3COCCN3)CCCC2)cc1C. The highest BCUT2D eigenvalue weighted by Gasteiger charge is 2.41. The number of hydrogen-bond acceptors (Lipinski definition) is 4.